The molecule has 134 valence electrons. The van der Waals surface area contributed by atoms with Gasteiger partial charge in [0.05, 0.1) is 22.5 Å². The number of nitrogens with zero attached hydrogens (tertiary/aromatic N) is 1. The Bertz CT molecular complexity index is 1000. The minimum Gasteiger partial charge on any atom is -0.284 e. The normalized spacial score (nSPS) is 14.9. The molecule has 25 heavy (non-hydrogen) atoms. The second-order valence-corrected chi connectivity index (χ2v) is 9.46. The van der Waals surface area contributed by atoms with Gasteiger partial charge in [0.25, 0.3) is 10.0 Å². The minimum atomic E-state index is -3.86. The lowest BCUT2D eigenvalue weighted by Gasteiger charge is -2.31. The van der Waals surface area contributed by atoms with E-state index in [0.717, 1.165) is 24.0 Å². The first-order chi connectivity index (χ1) is 11.7. The van der Waals surface area contributed by atoms with Crippen molar-refractivity contribution >= 4 is 31.4 Å². The first kappa shape index (κ1) is 17.7. The molecule has 0 spiro atoms. The predicted octanol–water partition coefficient (Wildman–Crippen LogP) is 2.34. The fraction of sp³-hybridized carbons (Fsp3) is 0.250. The van der Waals surface area contributed by atoms with Crippen LogP contribution in [0.1, 0.15) is 12.0 Å². The fourth-order valence-electron chi connectivity index (χ4n) is 2.80. The lowest BCUT2D eigenvalue weighted by atomic mass is 10.0. The molecule has 0 atom stereocenters. The van der Waals surface area contributed by atoms with E-state index in [1.54, 1.807) is 12.1 Å². The van der Waals surface area contributed by atoms with Gasteiger partial charge >= 0.3 is 0 Å². The summed E-state index contributed by atoms with van der Waals surface area (Å²) in [6.07, 6.45) is 2.37. The maximum absolute atomic E-state index is 13.1. The highest BCUT2D eigenvalue weighted by molar-refractivity contribution is 7.93. The van der Waals surface area contributed by atoms with E-state index in [2.05, 4.69) is 4.72 Å². The van der Waals surface area contributed by atoms with E-state index < -0.39 is 25.9 Å². The summed E-state index contributed by atoms with van der Waals surface area (Å²) < 4.78 is 65.4. The van der Waals surface area contributed by atoms with E-state index in [1.165, 1.54) is 22.5 Å². The molecule has 1 N–H and O–H groups in total. The monoisotopic (exact) mass is 384 g/mol. The predicted molar refractivity (Wildman–Crippen MR) is 94.2 cm³/mol. The molecule has 0 fully saturated rings. The highest BCUT2D eigenvalue weighted by atomic mass is 32.2. The van der Waals surface area contributed by atoms with Crippen LogP contribution < -0.4 is 9.03 Å². The molecule has 1 aliphatic heterocycles. The van der Waals surface area contributed by atoms with Crippen LogP contribution in [0.4, 0.5) is 15.8 Å². The zero-order valence-corrected chi connectivity index (χ0v) is 15.1. The molecular weight excluding hydrogens is 367 g/mol. The van der Waals surface area contributed by atoms with Crippen molar-refractivity contribution in [2.75, 3.05) is 21.8 Å². The van der Waals surface area contributed by atoms with Crippen LogP contribution in [-0.2, 0) is 26.5 Å². The number of anilines is 2. The van der Waals surface area contributed by atoms with E-state index in [9.17, 15) is 21.2 Å². The highest BCUT2D eigenvalue weighted by Gasteiger charge is 2.29. The number of halogens is 1. The van der Waals surface area contributed by atoms with Gasteiger partial charge in [0.1, 0.15) is 5.82 Å². The van der Waals surface area contributed by atoms with Crippen LogP contribution in [0.25, 0.3) is 0 Å². The van der Waals surface area contributed by atoms with E-state index in [1.807, 2.05) is 0 Å². The number of sulfonamides is 2. The van der Waals surface area contributed by atoms with Crippen molar-refractivity contribution in [2.45, 2.75) is 17.7 Å². The molecule has 1 aliphatic rings. The van der Waals surface area contributed by atoms with Crippen molar-refractivity contribution in [3.63, 3.8) is 0 Å². The third-order valence-electron chi connectivity index (χ3n) is 3.87. The Morgan fingerprint density at radius 3 is 2.36 bits per heavy atom. The first-order valence-electron chi connectivity index (χ1n) is 7.56. The summed E-state index contributed by atoms with van der Waals surface area (Å²) in [5.41, 5.74) is 1.54. The molecule has 6 nitrogen and oxygen atoms in total. The molecule has 1 heterocycles. The maximum atomic E-state index is 13.1. The Balaban J connectivity index is 2.05. The zero-order chi connectivity index (χ0) is 18.2. The van der Waals surface area contributed by atoms with Crippen LogP contribution in [-0.4, -0.2) is 29.6 Å². The van der Waals surface area contributed by atoms with Gasteiger partial charge < -0.3 is 0 Å². The molecule has 2 aromatic carbocycles. The van der Waals surface area contributed by atoms with Gasteiger partial charge in [0.2, 0.25) is 10.0 Å². The Labute approximate surface area is 146 Å². The summed E-state index contributed by atoms with van der Waals surface area (Å²) in [4.78, 5) is -0.0109. The molecule has 0 aromatic heterocycles. The molecule has 0 unspecified atom stereocenters. The molecule has 0 bridgehead atoms. The second kappa shape index (κ2) is 6.30. The van der Waals surface area contributed by atoms with Crippen LogP contribution >= 0.6 is 0 Å². The number of hydrogen-bond acceptors (Lipinski definition) is 4. The molecule has 0 saturated heterocycles. The van der Waals surface area contributed by atoms with E-state index in [4.69, 9.17) is 0 Å². The van der Waals surface area contributed by atoms with Gasteiger partial charge in [-0.1, -0.05) is 6.07 Å². The molecule has 2 aromatic rings. The molecule has 9 heteroatoms. The van der Waals surface area contributed by atoms with Gasteiger partial charge in [-0.3, -0.25) is 9.03 Å². The summed E-state index contributed by atoms with van der Waals surface area (Å²) in [7, 11) is -7.34. The molecule has 3 rings (SSSR count). The van der Waals surface area contributed by atoms with Crippen molar-refractivity contribution in [3.05, 3.63) is 53.8 Å². The van der Waals surface area contributed by atoms with E-state index in [0.29, 0.717) is 24.2 Å². The fourth-order valence-corrected chi connectivity index (χ4v) is 4.89. The quantitative estimate of drug-likeness (QED) is 0.877. The van der Waals surface area contributed by atoms with Crippen molar-refractivity contribution in [3.8, 4) is 0 Å². The number of rotatable bonds is 4. The summed E-state index contributed by atoms with van der Waals surface area (Å²) in [5, 5.41) is 0. The third-order valence-corrected chi connectivity index (χ3v) is 6.30. The smallest absolute Gasteiger partial charge is 0.264 e. The van der Waals surface area contributed by atoms with Crippen molar-refractivity contribution in [1.29, 1.82) is 0 Å². The topological polar surface area (TPSA) is 83.6 Å². The van der Waals surface area contributed by atoms with Crippen LogP contribution in [0.3, 0.4) is 0 Å². The van der Waals surface area contributed by atoms with Crippen LogP contribution in [0.15, 0.2) is 47.4 Å². The maximum Gasteiger partial charge on any atom is 0.264 e. The average Bonchev–Trinajstić information content (AvgIpc) is 2.53. The standard InChI is InChI=1S/C16H17FN2O4S2/c1-24(20,21)18-14-7-4-12-3-2-10-19(16(12)11-14)25(22,23)15-8-5-13(17)6-9-15/h4-9,11,18H,2-3,10H2,1H3. The molecular formula is C16H17FN2O4S2. The second-order valence-electron chi connectivity index (χ2n) is 5.85. The van der Waals surface area contributed by atoms with Crippen LogP contribution in [0.5, 0.6) is 0 Å². The Hall–Kier alpha value is -2.13. The number of fused-ring (bicyclic) bond motifs is 1. The van der Waals surface area contributed by atoms with Gasteiger partial charge in [-0.2, -0.15) is 0 Å². The molecule has 0 radical (unpaired) electrons. The number of nitrogens with one attached hydrogen (secondary N) is 1. The Morgan fingerprint density at radius 1 is 1.04 bits per heavy atom. The van der Waals surface area contributed by atoms with Gasteiger partial charge in [0, 0.05) is 6.54 Å². The lowest BCUT2D eigenvalue weighted by molar-refractivity contribution is 0.585. The first-order valence-corrected chi connectivity index (χ1v) is 10.9. The van der Waals surface area contributed by atoms with Crippen molar-refractivity contribution in [2.24, 2.45) is 0 Å². The van der Waals surface area contributed by atoms with Crippen LogP contribution in [0.2, 0.25) is 0 Å². The molecule has 0 saturated carbocycles. The molecule has 0 aliphatic carbocycles. The van der Waals surface area contributed by atoms with Gasteiger partial charge in [0.15, 0.2) is 0 Å². The van der Waals surface area contributed by atoms with Gasteiger partial charge in [-0.25, -0.2) is 21.2 Å². The Kier molecular flexibility index (Phi) is 4.46. The minimum absolute atomic E-state index is 0.0109. The summed E-state index contributed by atoms with van der Waals surface area (Å²) in [5.74, 6) is -0.516. The molecule has 0 amide bonds. The van der Waals surface area contributed by atoms with Crippen molar-refractivity contribution < 1.29 is 21.2 Å². The summed E-state index contributed by atoms with van der Waals surface area (Å²) in [6, 6.07) is 9.47. The van der Waals surface area contributed by atoms with Gasteiger partial charge in [-0.05, 0) is 54.8 Å². The average molecular weight is 384 g/mol. The van der Waals surface area contributed by atoms with E-state index in [-0.39, 0.29) is 11.4 Å². The van der Waals surface area contributed by atoms with E-state index >= 15 is 0 Å². The largest absolute Gasteiger partial charge is 0.284 e. The summed E-state index contributed by atoms with van der Waals surface area (Å²) >= 11 is 0. The zero-order valence-electron chi connectivity index (χ0n) is 13.4. The number of benzene rings is 2. The highest BCUT2D eigenvalue weighted by Crippen LogP contribution is 2.34. The van der Waals surface area contributed by atoms with Gasteiger partial charge in [-0.15, -0.1) is 0 Å². The summed E-state index contributed by atoms with van der Waals surface area (Å²) in [6.45, 7) is 0.273. The lowest BCUT2D eigenvalue weighted by Crippen LogP contribution is -2.35. The number of aryl methyl sites for hydroxylation is 1. The SMILES string of the molecule is CS(=O)(=O)Nc1ccc2c(c1)N(S(=O)(=O)c1ccc(F)cc1)CCC2. The van der Waals surface area contributed by atoms with Crippen LogP contribution in [0, 0.1) is 5.82 Å². The number of hydrogen-bond donors (Lipinski definition) is 1. The van der Waals surface area contributed by atoms with Crippen molar-refractivity contribution in [1.82, 2.24) is 0 Å². The Morgan fingerprint density at radius 2 is 1.72 bits per heavy atom. The third kappa shape index (κ3) is 3.77.